The van der Waals surface area contributed by atoms with E-state index < -0.39 is 5.91 Å². The van der Waals surface area contributed by atoms with Gasteiger partial charge in [-0.05, 0) is 36.8 Å². The van der Waals surface area contributed by atoms with Crippen LogP contribution < -0.4 is 15.8 Å². The van der Waals surface area contributed by atoms with Gasteiger partial charge in [0.1, 0.15) is 17.0 Å². The van der Waals surface area contributed by atoms with Gasteiger partial charge in [-0.2, -0.15) is 0 Å². The molecule has 6 heteroatoms. The number of nitrogens with two attached hydrogens (primary N) is 1. The Labute approximate surface area is 144 Å². The van der Waals surface area contributed by atoms with E-state index in [1.165, 1.54) is 0 Å². The van der Waals surface area contributed by atoms with E-state index in [2.05, 4.69) is 5.32 Å². The van der Waals surface area contributed by atoms with E-state index in [0.717, 1.165) is 11.1 Å². The molecule has 2 aromatic carbocycles. The normalized spacial score (nSPS) is 10.6. The van der Waals surface area contributed by atoms with Crippen LogP contribution in [-0.4, -0.2) is 18.9 Å². The lowest BCUT2D eigenvalue weighted by Crippen LogP contribution is -2.18. The van der Waals surface area contributed by atoms with Crippen LogP contribution >= 0.6 is 0 Å². The van der Waals surface area contributed by atoms with Crippen LogP contribution in [-0.2, 0) is 11.2 Å². The Morgan fingerprint density at radius 1 is 1.20 bits per heavy atom. The molecule has 3 aromatic rings. The number of benzene rings is 2. The molecule has 128 valence electrons. The summed E-state index contributed by atoms with van der Waals surface area (Å²) in [5.74, 6) is -0.391. The number of anilines is 1. The number of methoxy groups -OCH3 is 1. The number of ether oxygens (including phenoxy) is 1. The highest BCUT2D eigenvalue weighted by Crippen LogP contribution is 2.31. The van der Waals surface area contributed by atoms with Crippen molar-refractivity contribution in [1.82, 2.24) is 0 Å². The van der Waals surface area contributed by atoms with Crippen LogP contribution in [0.1, 0.15) is 21.7 Å². The quantitative estimate of drug-likeness (QED) is 0.747. The predicted molar refractivity (Wildman–Crippen MR) is 94.8 cm³/mol. The summed E-state index contributed by atoms with van der Waals surface area (Å²) in [5.41, 5.74) is 7.96. The Hall–Kier alpha value is -3.28. The SMILES string of the molecule is COc1cccc(CC(=O)Nc2c(C(N)=O)oc3ccc(C)cc23)c1. The van der Waals surface area contributed by atoms with E-state index in [1.54, 1.807) is 25.3 Å². The molecule has 0 aliphatic carbocycles. The average molecular weight is 338 g/mol. The maximum Gasteiger partial charge on any atom is 0.286 e. The molecule has 3 rings (SSSR count). The highest BCUT2D eigenvalue weighted by Gasteiger charge is 2.20. The van der Waals surface area contributed by atoms with Gasteiger partial charge < -0.3 is 20.2 Å². The van der Waals surface area contributed by atoms with Gasteiger partial charge in [-0.1, -0.05) is 23.8 Å². The second kappa shape index (κ2) is 6.68. The van der Waals surface area contributed by atoms with Crippen LogP contribution in [0.25, 0.3) is 11.0 Å². The molecule has 0 aliphatic rings. The fourth-order valence-corrected chi connectivity index (χ4v) is 2.66. The third-order valence-corrected chi connectivity index (χ3v) is 3.83. The van der Waals surface area contributed by atoms with Crippen LogP contribution in [0.5, 0.6) is 5.75 Å². The molecule has 6 nitrogen and oxygen atoms in total. The number of rotatable bonds is 5. The van der Waals surface area contributed by atoms with Gasteiger partial charge in [0.25, 0.3) is 5.91 Å². The van der Waals surface area contributed by atoms with Gasteiger partial charge in [0.2, 0.25) is 11.7 Å². The van der Waals surface area contributed by atoms with E-state index in [0.29, 0.717) is 22.4 Å². The van der Waals surface area contributed by atoms with Gasteiger partial charge in [-0.3, -0.25) is 9.59 Å². The lowest BCUT2D eigenvalue weighted by molar-refractivity contribution is -0.115. The summed E-state index contributed by atoms with van der Waals surface area (Å²) in [4.78, 5) is 24.1. The summed E-state index contributed by atoms with van der Waals surface area (Å²) in [6.45, 7) is 1.91. The van der Waals surface area contributed by atoms with E-state index in [1.807, 2.05) is 31.2 Å². The molecular formula is C19H18N2O4. The first-order valence-electron chi connectivity index (χ1n) is 7.73. The van der Waals surface area contributed by atoms with Crippen molar-refractivity contribution in [3.8, 4) is 5.75 Å². The summed E-state index contributed by atoms with van der Waals surface area (Å²) < 4.78 is 10.6. The van der Waals surface area contributed by atoms with Crippen molar-refractivity contribution >= 4 is 28.5 Å². The molecule has 2 amide bonds. The van der Waals surface area contributed by atoms with Gasteiger partial charge in [-0.15, -0.1) is 0 Å². The Kier molecular flexibility index (Phi) is 4.43. The summed E-state index contributed by atoms with van der Waals surface area (Å²) in [5, 5.41) is 3.40. The molecule has 0 fully saturated rings. The first kappa shape index (κ1) is 16.6. The van der Waals surface area contributed by atoms with Crippen LogP contribution in [0.15, 0.2) is 46.9 Å². The summed E-state index contributed by atoms with van der Waals surface area (Å²) in [7, 11) is 1.57. The maximum absolute atomic E-state index is 12.4. The Balaban J connectivity index is 1.90. The zero-order chi connectivity index (χ0) is 18.0. The number of hydrogen-bond donors (Lipinski definition) is 2. The summed E-state index contributed by atoms with van der Waals surface area (Å²) in [6, 6.07) is 12.7. The fourth-order valence-electron chi connectivity index (χ4n) is 2.66. The number of primary amides is 1. The van der Waals surface area contributed by atoms with Gasteiger partial charge in [0.05, 0.1) is 13.5 Å². The van der Waals surface area contributed by atoms with Crippen molar-refractivity contribution in [1.29, 1.82) is 0 Å². The van der Waals surface area contributed by atoms with Gasteiger partial charge in [-0.25, -0.2) is 0 Å². The van der Waals surface area contributed by atoms with Crippen molar-refractivity contribution < 1.29 is 18.7 Å². The molecule has 0 radical (unpaired) electrons. The minimum absolute atomic E-state index is 0.0559. The molecule has 0 atom stereocenters. The van der Waals surface area contributed by atoms with E-state index in [9.17, 15) is 9.59 Å². The topological polar surface area (TPSA) is 94.6 Å². The highest BCUT2D eigenvalue weighted by molar-refractivity contribution is 6.10. The number of fused-ring (bicyclic) bond motifs is 1. The molecule has 3 N–H and O–H groups in total. The third kappa shape index (κ3) is 3.47. The van der Waals surface area contributed by atoms with Gasteiger partial charge in [0, 0.05) is 5.39 Å². The Morgan fingerprint density at radius 3 is 2.72 bits per heavy atom. The monoisotopic (exact) mass is 338 g/mol. The smallest absolute Gasteiger partial charge is 0.286 e. The minimum atomic E-state index is -0.731. The average Bonchev–Trinajstić information content (AvgIpc) is 2.93. The largest absolute Gasteiger partial charge is 0.497 e. The molecule has 0 spiro atoms. The molecule has 0 saturated heterocycles. The van der Waals surface area contributed by atoms with Crippen LogP contribution in [0, 0.1) is 6.92 Å². The summed E-state index contributed by atoms with van der Waals surface area (Å²) >= 11 is 0. The van der Waals surface area contributed by atoms with Crippen molar-refractivity contribution in [2.75, 3.05) is 12.4 Å². The lowest BCUT2D eigenvalue weighted by Gasteiger charge is -2.07. The second-order valence-electron chi connectivity index (χ2n) is 5.75. The number of hydrogen-bond acceptors (Lipinski definition) is 4. The van der Waals surface area contributed by atoms with Crippen molar-refractivity contribution in [2.45, 2.75) is 13.3 Å². The van der Waals surface area contributed by atoms with E-state index >= 15 is 0 Å². The second-order valence-corrected chi connectivity index (χ2v) is 5.75. The van der Waals surface area contributed by atoms with Crippen molar-refractivity contribution in [3.63, 3.8) is 0 Å². The predicted octanol–water partition coefficient (Wildman–Crippen LogP) is 3.03. The maximum atomic E-state index is 12.4. The number of carbonyl (C=O) groups excluding carboxylic acids is 2. The molecule has 1 aromatic heterocycles. The van der Waals surface area contributed by atoms with E-state index in [-0.39, 0.29) is 18.1 Å². The van der Waals surface area contributed by atoms with Gasteiger partial charge in [0.15, 0.2) is 0 Å². The first-order chi connectivity index (χ1) is 12.0. The van der Waals surface area contributed by atoms with Crippen LogP contribution in [0.2, 0.25) is 0 Å². The molecular weight excluding hydrogens is 320 g/mol. The van der Waals surface area contributed by atoms with Crippen molar-refractivity contribution in [3.05, 3.63) is 59.4 Å². The number of carbonyl (C=O) groups is 2. The lowest BCUT2D eigenvalue weighted by atomic mass is 10.1. The summed E-state index contributed by atoms with van der Waals surface area (Å²) in [6.07, 6.45) is 0.133. The van der Waals surface area contributed by atoms with E-state index in [4.69, 9.17) is 14.9 Å². The Bertz CT molecular complexity index is 959. The first-order valence-corrected chi connectivity index (χ1v) is 7.73. The zero-order valence-electron chi connectivity index (χ0n) is 14.0. The number of nitrogens with one attached hydrogen (secondary N) is 1. The van der Waals surface area contributed by atoms with Crippen molar-refractivity contribution in [2.24, 2.45) is 5.73 Å². The minimum Gasteiger partial charge on any atom is -0.497 e. The van der Waals surface area contributed by atoms with Crippen LogP contribution in [0.4, 0.5) is 5.69 Å². The molecule has 0 saturated carbocycles. The Morgan fingerprint density at radius 2 is 2.00 bits per heavy atom. The molecule has 0 unspecified atom stereocenters. The molecule has 0 bridgehead atoms. The molecule has 0 aliphatic heterocycles. The third-order valence-electron chi connectivity index (χ3n) is 3.83. The molecule has 1 heterocycles. The van der Waals surface area contributed by atoms with Crippen LogP contribution in [0.3, 0.4) is 0 Å². The fraction of sp³-hybridized carbons (Fsp3) is 0.158. The zero-order valence-corrected chi connectivity index (χ0v) is 14.0. The highest BCUT2D eigenvalue weighted by atomic mass is 16.5. The number of amides is 2. The number of furan rings is 1. The van der Waals surface area contributed by atoms with Gasteiger partial charge >= 0.3 is 0 Å². The standard InChI is InChI=1S/C19H18N2O4/c1-11-6-7-15-14(8-11)17(18(25-15)19(20)23)21-16(22)10-12-4-3-5-13(9-12)24-2/h3-9H,10H2,1-2H3,(H2,20,23)(H,21,22). The number of aryl methyl sites for hydroxylation is 1. The molecule has 25 heavy (non-hydrogen) atoms.